The van der Waals surface area contributed by atoms with Crippen LogP contribution < -0.4 is 0 Å². The topological polar surface area (TPSA) is 50.9 Å². The van der Waals surface area contributed by atoms with Crippen LogP contribution in [0.2, 0.25) is 0 Å². The summed E-state index contributed by atoms with van der Waals surface area (Å²) in [7, 11) is 0. The summed E-state index contributed by atoms with van der Waals surface area (Å²) in [5.41, 5.74) is -2.85. The van der Waals surface area contributed by atoms with Crippen molar-refractivity contribution in [3.63, 3.8) is 0 Å². The van der Waals surface area contributed by atoms with Crippen LogP contribution in [-0.4, -0.2) is 20.1 Å². The van der Waals surface area contributed by atoms with E-state index in [4.69, 9.17) is 5.11 Å². The van der Waals surface area contributed by atoms with Crippen LogP contribution in [0.1, 0.15) is 22.4 Å². The summed E-state index contributed by atoms with van der Waals surface area (Å²) in [6, 6.07) is 1.30. The van der Waals surface area contributed by atoms with E-state index in [-0.39, 0.29) is 23.9 Å². The zero-order chi connectivity index (χ0) is 16.5. The number of aliphatic hydroxyl groups excluding tert-OH is 1. The molecule has 1 N–H and O–H groups in total. The molecule has 2 aromatic rings. The first-order valence-electron chi connectivity index (χ1n) is 5.88. The number of alkyl halides is 6. The zero-order valence-electron chi connectivity index (χ0n) is 10.8. The normalized spacial score (nSPS) is 12.7. The highest BCUT2D eigenvalue weighted by atomic mass is 19.4. The maximum Gasteiger partial charge on any atom is 0.416 e. The maximum atomic E-state index is 12.7. The van der Waals surface area contributed by atoms with E-state index in [1.807, 2.05) is 0 Å². The molecule has 0 radical (unpaired) electrons. The van der Waals surface area contributed by atoms with Crippen LogP contribution in [0.25, 0.3) is 0 Å². The Balaban J connectivity index is 2.41. The van der Waals surface area contributed by atoms with Gasteiger partial charge < -0.3 is 5.11 Å². The lowest BCUT2D eigenvalue weighted by atomic mass is 10.0. The van der Waals surface area contributed by atoms with Gasteiger partial charge in [-0.15, -0.1) is 5.10 Å². The number of rotatable bonds is 3. The number of aromatic nitrogens is 3. The van der Waals surface area contributed by atoms with Gasteiger partial charge in [-0.3, -0.25) is 0 Å². The summed E-state index contributed by atoms with van der Waals surface area (Å²) >= 11 is 0. The van der Waals surface area contributed by atoms with Gasteiger partial charge in [-0.05, 0) is 23.8 Å². The summed E-state index contributed by atoms with van der Waals surface area (Å²) in [6.07, 6.45) is -8.56. The lowest BCUT2D eigenvalue weighted by molar-refractivity contribution is -0.143. The third-order valence-electron chi connectivity index (χ3n) is 2.74. The first kappa shape index (κ1) is 16.3. The van der Waals surface area contributed by atoms with Gasteiger partial charge in [0.2, 0.25) is 0 Å². The van der Waals surface area contributed by atoms with Crippen LogP contribution in [0, 0.1) is 0 Å². The highest BCUT2D eigenvalue weighted by Crippen LogP contribution is 2.36. The molecule has 120 valence electrons. The molecule has 1 aromatic heterocycles. The Kier molecular flexibility index (Phi) is 4.14. The predicted octanol–water partition coefficient (Wildman–Crippen LogP) is 2.86. The molecule has 0 aliphatic heterocycles. The average Bonchev–Trinajstić information content (AvgIpc) is 2.84. The Morgan fingerprint density at radius 2 is 1.50 bits per heavy atom. The smallest absolute Gasteiger partial charge is 0.390 e. The molecule has 0 saturated heterocycles. The molecule has 1 heterocycles. The Hall–Kier alpha value is -2.10. The largest absolute Gasteiger partial charge is 0.416 e. The van der Waals surface area contributed by atoms with E-state index in [9.17, 15) is 26.3 Å². The minimum absolute atomic E-state index is 0.0595. The second-order valence-electron chi connectivity index (χ2n) is 4.48. The highest BCUT2D eigenvalue weighted by molar-refractivity contribution is 5.33. The predicted molar refractivity (Wildman–Crippen MR) is 61.5 cm³/mol. The van der Waals surface area contributed by atoms with Gasteiger partial charge in [0, 0.05) is 0 Å². The lowest BCUT2D eigenvalue weighted by Gasteiger charge is -2.14. The first-order chi connectivity index (χ1) is 10.1. The molecular formula is C12H9F6N3O. The van der Waals surface area contributed by atoms with Gasteiger partial charge in [-0.1, -0.05) is 5.21 Å². The van der Waals surface area contributed by atoms with Crippen LogP contribution in [0.4, 0.5) is 26.3 Å². The summed E-state index contributed by atoms with van der Waals surface area (Å²) in [4.78, 5) is 0. The second-order valence-corrected chi connectivity index (χ2v) is 4.48. The minimum Gasteiger partial charge on any atom is -0.390 e. The molecule has 4 nitrogen and oxygen atoms in total. The van der Waals surface area contributed by atoms with Crippen molar-refractivity contribution >= 4 is 0 Å². The van der Waals surface area contributed by atoms with Crippen LogP contribution in [0.3, 0.4) is 0 Å². The van der Waals surface area contributed by atoms with Crippen molar-refractivity contribution in [1.29, 1.82) is 0 Å². The number of benzene rings is 1. The van der Waals surface area contributed by atoms with E-state index in [2.05, 4.69) is 10.3 Å². The number of hydrogen-bond donors (Lipinski definition) is 1. The summed E-state index contributed by atoms with van der Waals surface area (Å²) in [5.74, 6) is 0. The molecule has 22 heavy (non-hydrogen) atoms. The Morgan fingerprint density at radius 3 is 1.91 bits per heavy atom. The van der Waals surface area contributed by atoms with E-state index in [0.717, 1.165) is 4.68 Å². The SMILES string of the molecule is OCc1cn(Cc2cc(C(F)(F)F)cc(C(F)(F)F)c2)nn1. The van der Waals surface area contributed by atoms with Gasteiger partial charge in [0.1, 0.15) is 5.69 Å². The molecule has 1 aromatic carbocycles. The molecule has 0 fully saturated rings. The molecule has 0 saturated carbocycles. The Labute approximate surface area is 120 Å². The standard InChI is InChI=1S/C12H9F6N3O/c13-11(14,15)8-1-7(2-9(3-8)12(16,17)18)4-21-5-10(6-22)19-20-21/h1-3,5,22H,4,6H2. The Bertz CT molecular complexity index is 629. The number of halogens is 6. The quantitative estimate of drug-likeness (QED) is 0.883. The summed E-state index contributed by atoms with van der Waals surface area (Å²) in [5, 5.41) is 15.8. The third kappa shape index (κ3) is 3.75. The van der Waals surface area contributed by atoms with Crippen molar-refractivity contribution in [2.24, 2.45) is 0 Å². The van der Waals surface area contributed by atoms with Crippen LogP contribution >= 0.6 is 0 Å². The number of nitrogens with zero attached hydrogens (tertiary/aromatic N) is 3. The van der Waals surface area contributed by atoms with Crippen LogP contribution in [0.5, 0.6) is 0 Å². The van der Waals surface area contributed by atoms with E-state index < -0.39 is 30.1 Å². The van der Waals surface area contributed by atoms with Gasteiger partial charge in [-0.25, -0.2) is 4.68 Å². The van der Waals surface area contributed by atoms with E-state index in [0.29, 0.717) is 12.1 Å². The average molecular weight is 325 g/mol. The van der Waals surface area contributed by atoms with E-state index in [1.165, 1.54) is 6.20 Å². The molecule has 0 unspecified atom stereocenters. The monoisotopic (exact) mass is 325 g/mol. The van der Waals surface area contributed by atoms with Crippen LogP contribution in [-0.2, 0) is 25.5 Å². The molecule has 2 rings (SSSR count). The lowest BCUT2D eigenvalue weighted by Crippen LogP contribution is -2.13. The van der Waals surface area contributed by atoms with Crippen molar-refractivity contribution < 1.29 is 31.4 Å². The Morgan fingerprint density at radius 1 is 0.955 bits per heavy atom. The fourth-order valence-corrected chi connectivity index (χ4v) is 1.79. The van der Waals surface area contributed by atoms with Crippen molar-refractivity contribution in [2.45, 2.75) is 25.5 Å². The van der Waals surface area contributed by atoms with Crippen molar-refractivity contribution in [3.05, 3.63) is 46.8 Å². The molecule has 0 bridgehead atoms. The maximum absolute atomic E-state index is 12.7. The van der Waals surface area contributed by atoms with Gasteiger partial charge in [-0.2, -0.15) is 26.3 Å². The molecule has 0 aliphatic rings. The van der Waals surface area contributed by atoms with E-state index >= 15 is 0 Å². The number of aliphatic hydroxyl groups is 1. The molecule has 10 heteroatoms. The minimum atomic E-state index is -4.89. The first-order valence-corrected chi connectivity index (χ1v) is 5.88. The second kappa shape index (κ2) is 5.59. The molecular weight excluding hydrogens is 316 g/mol. The van der Waals surface area contributed by atoms with Crippen LogP contribution in [0.15, 0.2) is 24.4 Å². The van der Waals surface area contributed by atoms with Crippen molar-refractivity contribution in [2.75, 3.05) is 0 Å². The molecule has 0 aliphatic carbocycles. The fraction of sp³-hybridized carbons (Fsp3) is 0.333. The van der Waals surface area contributed by atoms with Gasteiger partial charge >= 0.3 is 12.4 Å². The van der Waals surface area contributed by atoms with Crippen molar-refractivity contribution in [1.82, 2.24) is 15.0 Å². The summed E-state index contributed by atoms with van der Waals surface area (Å²) in [6.45, 7) is -0.767. The van der Waals surface area contributed by atoms with Gasteiger partial charge in [0.25, 0.3) is 0 Å². The third-order valence-corrected chi connectivity index (χ3v) is 2.74. The fourth-order valence-electron chi connectivity index (χ4n) is 1.79. The van der Waals surface area contributed by atoms with Crippen molar-refractivity contribution in [3.8, 4) is 0 Å². The van der Waals surface area contributed by atoms with Gasteiger partial charge in [0.05, 0.1) is 30.5 Å². The number of hydrogen-bond acceptors (Lipinski definition) is 3. The molecule has 0 spiro atoms. The summed E-state index contributed by atoms with van der Waals surface area (Å²) < 4.78 is 77.2. The highest BCUT2D eigenvalue weighted by Gasteiger charge is 2.36. The zero-order valence-corrected chi connectivity index (χ0v) is 10.8. The molecule has 0 amide bonds. The molecule has 0 atom stereocenters. The van der Waals surface area contributed by atoms with E-state index in [1.54, 1.807) is 0 Å². The van der Waals surface area contributed by atoms with Gasteiger partial charge in [0.15, 0.2) is 0 Å².